The molecule has 110 valence electrons. The third kappa shape index (κ3) is 2.46. The first kappa shape index (κ1) is 13.9. The molecule has 1 aliphatic rings. The highest BCUT2D eigenvalue weighted by Crippen LogP contribution is 2.36. The minimum Gasteiger partial charge on any atom is -0.481 e. The number of rotatable bonds is 4. The topological polar surface area (TPSA) is 55.1 Å². The van der Waals surface area contributed by atoms with E-state index in [1.165, 1.54) is 0 Å². The molecule has 2 atom stereocenters. The van der Waals surface area contributed by atoms with E-state index in [0.717, 1.165) is 36.2 Å². The minimum absolute atomic E-state index is 0.0357. The van der Waals surface area contributed by atoms with Crippen LogP contribution in [0.2, 0.25) is 0 Å². The normalized spacial score (nSPS) is 21.8. The molecule has 1 heterocycles. The zero-order valence-electron chi connectivity index (χ0n) is 12.2. The molecule has 0 amide bonds. The fraction of sp³-hybridized carbons (Fsp3) is 0.412. The number of carboxylic acid groups (broad SMARTS) is 1. The van der Waals surface area contributed by atoms with Crippen LogP contribution in [0.15, 0.2) is 36.4 Å². The molecule has 0 bridgehead atoms. The Morgan fingerprint density at radius 2 is 2.10 bits per heavy atom. The smallest absolute Gasteiger partial charge is 0.307 e. The number of carboxylic acids is 1. The lowest BCUT2D eigenvalue weighted by Gasteiger charge is -2.25. The van der Waals surface area contributed by atoms with E-state index in [9.17, 15) is 9.90 Å². The van der Waals surface area contributed by atoms with Crippen molar-refractivity contribution in [2.75, 3.05) is 0 Å². The van der Waals surface area contributed by atoms with Crippen LogP contribution >= 0.6 is 0 Å². The van der Waals surface area contributed by atoms with Crippen molar-refractivity contribution in [3.8, 4) is 0 Å². The molecular formula is C17H20N2O2. The number of imidazole rings is 1. The van der Waals surface area contributed by atoms with Gasteiger partial charge in [0.25, 0.3) is 0 Å². The lowest BCUT2D eigenvalue weighted by Crippen LogP contribution is -2.26. The van der Waals surface area contributed by atoms with E-state index in [0.29, 0.717) is 6.42 Å². The van der Waals surface area contributed by atoms with Gasteiger partial charge in [-0.1, -0.05) is 31.2 Å². The molecule has 0 saturated heterocycles. The molecular weight excluding hydrogens is 264 g/mol. The van der Waals surface area contributed by atoms with Crippen LogP contribution < -0.4 is 0 Å². The maximum absolute atomic E-state index is 11.6. The van der Waals surface area contributed by atoms with Crippen LogP contribution in [0.3, 0.4) is 0 Å². The Balaban J connectivity index is 2.11. The molecule has 4 nitrogen and oxygen atoms in total. The Morgan fingerprint density at radius 1 is 1.33 bits per heavy atom. The second-order valence-electron chi connectivity index (χ2n) is 5.60. The summed E-state index contributed by atoms with van der Waals surface area (Å²) in [6.07, 6.45) is 6.41. The summed E-state index contributed by atoms with van der Waals surface area (Å²) in [6.45, 7) is 3.01. The third-order valence-electron chi connectivity index (χ3n) is 4.21. The first-order valence-electron chi connectivity index (χ1n) is 7.55. The molecule has 1 aromatic heterocycles. The number of aromatic nitrogens is 2. The fourth-order valence-corrected chi connectivity index (χ4v) is 3.21. The van der Waals surface area contributed by atoms with Gasteiger partial charge >= 0.3 is 5.97 Å². The molecule has 4 heteroatoms. The van der Waals surface area contributed by atoms with Gasteiger partial charge in [0.15, 0.2) is 0 Å². The summed E-state index contributed by atoms with van der Waals surface area (Å²) in [5.74, 6) is -0.205. The number of carbonyl (C=O) groups is 1. The quantitative estimate of drug-likeness (QED) is 0.873. The highest BCUT2D eigenvalue weighted by atomic mass is 16.4. The van der Waals surface area contributed by atoms with Gasteiger partial charge < -0.3 is 9.67 Å². The van der Waals surface area contributed by atoms with Gasteiger partial charge in [0.2, 0.25) is 0 Å². The summed E-state index contributed by atoms with van der Waals surface area (Å²) >= 11 is 0. The molecule has 1 aliphatic carbocycles. The third-order valence-corrected chi connectivity index (χ3v) is 4.21. The molecule has 3 rings (SSSR count). The summed E-state index contributed by atoms with van der Waals surface area (Å²) in [5.41, 5.74) is 2.06. The summed E-state index contributed by atoms with van der Waals surface area (Å²) in [4.78, 5) is 16.3. The monoisotopic (exact) mass is 284 g/mol. The molecule has 0 spiro atoms. The van der Waals surface area contributed by atoms with Crippen LogP contribution in [0.5, 0.6) is 0 Å². The van der Waals surface area contributed by atoms with E-state index in [2.05, 4.69) is 23.6 Å². The number of hydrogen-bond acceptors (Lipinski definition) is 2. The highest BCUT2D eigenvalue weighted by molar-refractivity contribution is 5.77. The van der Waals surface area contributed by atoms with E-state index in [1.54, 1.807) is 0 Å². The predicted molar refractivity (Wildman–Crippen MR) is 82.3 cm³/mol. The predicted octanol–water partition coefficient (Wildman–Crippen LogP) is 3.58. The van der Waals surface area contributed by atoms with E-state index >= 15 is 0 Å². The summed E-state index contributed by atoms with van der Waals surface area (Å²) in [6, 6.07) is 8.05. The number of fused-ring (bicyclic) bond motifs is 1. The fourth-order valence-electron chi connectivity index (χ4n) is 3.21. The number of nitrogens with zero attached hydrogens (tertiary/aromatic N) is 2. The van der Waals surface area contributed by atoms with Gasteiger partial charge in [-0.3, -0.25) is 4.79 Å². The lowest BCUT2D eigenvalue weighted by atomic mass is 9.82. The van der Waals surface area contributed by atoms with Crippen molar-refractivity contribution in [3.63, 3.8) is 0 Å². The number of allylic oxidation sites excluding steroid dienone is 2. The molecule has 0 unspecified atom stereocenters. The molecule has 0 radical (unpaired) electrons. The molecule has 1 N–H and O–H groups in total. The zero-order chi connectivity index (χ0) is 14.8. The van der Waals surface area contributed by atoms with Crippen LogP contribution in [0.4, 0.5) is 0 Å². The minimum atomic E-state index is -0.723. The maximum atomic E-state index is 11.6. The summed E-state index contributed by atoms with van der Waals surface area (Å²) < 4.78 is 2.20. The number of aryl methyl sites for hydroxylation is 1. The van der Waals surface area contributed by atoms with Gasteiger partial charge in [0, 0.05) is 12.5 Å². The van der Waals surface area contributed by atoms with Gasteiger partial charge in [-0.25, -0.2) is 4.98 Å². The second kappa shape index (κ2) is 5.72. The van der Waals surface area contributed by atoms with Crippen LogP contribution in [-0.4, -0.2) is 20.6 Å². The summed E-state index contributed by atoms with van der Waals surface area (Å²) in [7, 11) is 0. The molecule has 21 heavy (non-hydrogen) atoms. The largest absolute Gasteiger partial charge is 0.481 e. The van der Waals surface area contributed by atoms with Crippen LogP contribution in [0.1, 0.15) is 37.9 Å². The van der Waals surface area contributed by atoms with Gasteiger partial charge in [-0.05, 0) is 31.4 Å². The lowest BCUT2D eigenvalue weighted by molar-refractivity contribution is -0.142. The van der Waals surface area contributed by atoms with Gasteiger partial charge in [-0.2, -0.15) is 0 Å². The Morgan fingerprint density at radius 3 is 2.86 bits per heavy atom. The van der Waals surface area contributed by atoms with E-state index in [-0.39, 0.29) is 11.8 Å². The zero-order valence-corrected chi connectivity index (χ0v) is 12.2. The van der Waals surface area contributed by atoms with Crippen molar-refractivity contribution in [1.29, 1.82) is 0 Å². The first-order chi connectivity index (χ1) is 10.2. The molecule has 1 aromatic carbocycles. The average molecular weight is 284 g/mol. The van der Waals surface area contributed by atoms with Crippen molar-refractivity contribution < 1.29 is 9.90 Å². The summed E-state index contributed by atoms with van der Waals surface area (Å²) in [5, 5.41) is 9.49. The molecule has 0 aliphatic heterocycles. The highest BCUT2D eigenvalue weighted by Gasteiger charge is 2.33. The van der Waals surface area contributed by atoms with Gasteiger partial charge in [0.1, 0.15) is 5.82 Å². The molecule has 0 saturated carbocycles. The Kier molecular flexibility index (Phi) is 3.78. The SMILES string of the molecule is CCCn1c([C@@H]2CC=CC[C@@H]2C(=O)O)nc2ccccc21. The van der Waals surface area contributed by atoms with Gasteiger partial charge in [-0.15, -0.1) is 0 Å². The van der Waals surface area contributed by atoms with Crippen LogP contribution in [0, 0.1) is 5.92 Å². The number of para-hydroxylation sites is 2. The van der Waals surface area contributed by atoms with Crippen molar-refractivity contribution >= 4 is 17.0 Å². The van der Waals surface area contributed by atoms with Crippen molar-refractivity contribution in [3.05, 3.63) is 42.2 Å². The van der Waals surface area contributed by atoms with Crippen molar-refractivity contribution in [1.82, 2.24) is 9.55 Å². The van der Waals surface area contributed by atoms with E-state index in [1.807, 2.05) is 24.3 Å². The Bertz CT molecular complexity index is 687. The van der Waals surface area contributed by atoms with Crippen molar-refractivity contribution in [2.24, 2.45) is 5.92 Å². The maximum Gasteiger partial charge on any atom is 0.307 e. The second-order valence-corrected chi connectivity index (χ2v) is 5.60. The van der Waals surface area contributed by atoms with Crippen LogP contribution in [0.25, 0.3) is 11.0 Å². The Hall–Kier alpha value is -2.10. The van der Waals surface area contributed by atoms with Gasteiger partial charge in [0.05, 0.1) is 17.0 Å². The first-order valence-corrected chi connectivity index (χ1v) is 7.55. The Labute approximate surface area is 124 Å². The van der Waals surface area contributed by atoms with E-state index < -0.39 is 5.97 Å². The number of aliphatic carboxylic acids is 1. The number of hydrogen-bond donors (Lipinski definition) is 1. The van der Waals surface area contributed by atoms with Crippen LogP contribution in [-0.2, 0) is 11.3 Å². The number of benzene rings is 1. The average Bonchev–Trinajstić information content (AvgIpc) is 2.86. The standard InChI is InChI=1S/C17H20N2O2/c1-2-11-19-15-10-6-5-9-14(15)18-16(19)12-7-3-4-8-13(12)17(20)21/h3-6,9-10,12-13H,2,7-8,11H2,1H3,(H,20,21)/t12-,13+/m1/s1. The molecule has 2 aromatic rings. The van der Waals surface area contributed by atoms with E-state index in [4.69, 9.17) is 4.98 Å². The molecule has 0 fully saturated rings. The van der Waals surface area contributed by atoms with Crippen molar-refractivity contribution in [2.45, 2.75) is 38.6 Å².